The summed E-state index contributed by atoms with van der Waals surface area (Å²) < 4.78 is 1.97. The third-order valence-electron chi connectivity index (χ3n) is 3.00. The lowest BCUT2D eigenvalue weighted by Crippen LogP contribution is -2.33. The van der Waals surface area contributed by atoms with Crippen LogP contribution in [0.15, 0.2) is 42.9 Å². The van der Waals surface area contributed by atoms with E-state index in [9.17, 15) is 0 Å². The summed E-state index contributed by atoms with van der Waals surface area (Å²) in [6.07, 6.45) is 5.62. The molecule has 2 rings (SSSR count). The summed E-state index contributed by atoms with van der Waals surface area (Å²) in [5.41, 5.74) is 1.06. The van der Waals surface area contributed by atoms with Crippen LogP contribution in [-0.4, -0.2) is 20.8 Å². The van der Waals surface area contributed by atoms with Crippen molar-refractivity contribution in [1.29, 1.82) is 0 Å². The van der Waals surface area contributed by atoms with Crippen molar-refractivity contribution in [3.63, 3.8) is 0 Å². The van der Waals surface area contributed by atoms with Crippen LogP contribution < -0.4 is 5.32 Å². The molecule has 0 saturated carbocycles. The van der Waals surface area contributed by atoms with Crippen LogP contribution in [0.25, 0.3) is 0 Å². The number of hydrogen-bond donors (Lipinski definition) is 1. The normalized spacial score (nSPS) is 14.5. The quantitative estimate of drug-likeness (QED) is 0.854. The summed E-state index contributed by atoms with van der Waals surface area (Å²) in [4.78, 5) is 4.29. The van der Waals surface area contributed by atoms with Gasteiger partial charge in [0.1, 0.15) is 0 Å². The summed E-state index contributed by atoms with van der Waals surface area (Å²) in [6, 6.07) is 8.58. The van der Waals surface area contributed by atoms with Crippen LogP contribution in [-0.2, 0) is 6.54 Å². The smallest absolute Gasteiger partial charge is 0.0641 e. The van der Waals surface area contributed by atoms with E-state index in [1.54, 1.807) is 0 Å². The number of aromatic nitrogens is 3. The van der Waals surface area contributed by atoms with E-state index in [4.69, 9.17) is 0 Å². The van der Waals surface area contributed by atoms with Crippen molar-refractivity contribution in [1.82, 2.24) is 20.1 Å². The van der Waals surface area contributed by atoms with Gasteiger partial charge in [-0.05, 0) is 32.0 Å². The Hall–Kier alpha value is -1.68. The van der Waals surface area contributed by atoms with Gasteiger partial charge in [0.15, 0.2) is 0 Å². The fourth-order valence-corrected chi connectivity index (χ4v) is 1.69. The van der Waals surface area contributed by atoms with Gasteiger partial charge < -0.3 is 5.32 Å². The highest BCUT2D eigenvalue weighted by molar-refractivity contribution is 5.03. The summed E-state index contributed by atoms with van der Waals surface area (Å²) >= 11 is 0. The lowest BCUT2D eigenvalue weighted by molar-refractivity contribution is 0.364. The molecule has 0 saturated heterocycles. The third kappa shape index (κ3) is 3.14. The molecular formula is C13H18N4. The Morgan fingerprint density at radius 3 is 2.76 bits per heavy atom. The first-order valence-electron chi connectivity index (χ1n) is 5.90. The molecule has 0 bridgehead atoms. The number of hydrogen-bond acceptors (Lipinski definition) is 3. The first-order chi connectivity index (χ1) is 8.27. The lowest BCUT2D eigenvalue weighted by Gasteiger charge is -2.21. The Morgan fingerprint density at radius 1 is 1.24 bits per heavy atom. The number of nitrogens with zero attached hydrogens (tertiary/aromatic N) is 3. The van der Waals surface area contributed by atoms with Gasteiger partial charge in [-0.2, -0.15) is 5.10 Å². The minimum absolute atomic E-state index is 0.328. The van der Waals surface area contributed by atoms with Crippen molar-refractivity contribution in [2.75, 3.05) is 0 Å². The van der Waals surface area contributed by atoms with E-state index >= 15 is 0 Å². The molecule has 2 aromatic heterocycles. The highest BCUT2D eigenvalue weighted by Gasteiger charge is 2.13. The Labute approximate surface area is 102 Å². The Kier molecular flexibility index (Phi) is 3.88. The fourth-order valence-electron chi connectivity index (χ4n) is 1.69. The zero-order chi connectivity index (χ0) is 12.1. The average Bonchev–Trinajstić information content (AvgIpc) is 2.90. The van der Waals surface area contributed by atoms with Gasteiger partial charge in [0.05, 0.1) is 11.7 Å². The largest absolute Gasteiger partial charge is 0.307 e. The molecule has 2 aromatic rings. The van der Waals surface area contributed by atoms with E-state index in [-0.39, 0.29) is 0 Å². The second-order valence-electron chi connectivity index (χ2n) is 4.22. The highest BCUT2D eigenvalue weighted by Crippen LogP contribution is 2.09. The minimum atomic E-state index is 0.328. The summed E-state index contributed by atoms with van der Waals surface area (Å²) in [5.74, 6) is 0. The first-order valence-corrected chi connectivity index (χ1v) is 5.90. The van der Waals surface area contributed by atoms with Crippen molar-refractivity contribution in [2.45, 2.75) is 32.5 Å². The monoisotopic (exact) mass is 230 g/mol. The van der Waals surface area contributed by atoms with E-state index in [1.165, 1.54) is 0 Å². The highest BCUT2D eigenvalue weighted by atomic mass is 15.3. The number of pyridine rings is 1. The van der Waals surface area contributed by atoms with Gasteiger partial charge in [-0.25, -0.2) is 0 Å². The molecule has 2 unspecified atom stereocenters. The zero-order valence-corrected chi connectivity index (χ0v) is 10.2. The molecule has 2 heterocycles. The summed E-state index contributed by atoms with van der Waals surface area (Å²) in [5, 5.41) is 7.72. The molecule has 0 aliphatic rings. The number of nitrogens with one attached hydrogen (secondary N) is 1. The van der Waals surface area contributed by atoms with Crippen LogP contribution >= 0.6 is 0 Å². The van der Waals surface area contributed by atoms with Crippen LogP contribution in [0, 0.1) is 0 Å². The predicted octanol–water partition coefficient (Wildman–Crippen LogP) is 2.02. The van der Waals surface area contributed by atoms with Gasteiger partial charge in [0, 0.05) is 31.2 Å². The second-order valence-corrected chi connectivity index (χ2v) is 4.22. The first kappa shape index (κ1) is 11.8. The molecule has 90 valence electrons. The SMILES string of the molecule is CC(NCc1ccccn1)C(C)n1cccn1. The molecule has 0 fully saturated rings. The van der Waals surface area contributed by atoms with Gasteiger partial charge >= 0.3 is 0 Å². The van der Waals surface area contributed by atoms with Crippen molar-refractivity contribution in [3.05, 3.63) is 48.5 Å². The van der Waals surface area contributed by atoms with Gasteiger partial charge in [-0.3, -0.25) is 9.67 Å². The summed E-state index contributed by atoms with van der Waals surface area (Å²) in [7, 11) is 0. The Bertz CT molecular complexity index is 424. The van der Waals surface area contributed by atoms with Crippen LogP contribution in [0.5, 0.6) is 0 Å². The molecule has 1 N–H and O–H groups in total. The van der Waals surface area contributed by atoms with Crippen molar-refractivity contribution < 1.29 is 0 Å². The van der Waals surface area contributed by atoms with Gasteiger partial charge in [0.2, 0.25) is 0 Å². The lowest BCUT2D eigenvalue weighted by atomic mass is 10.1. The Morgan fingerprint density at radius 2 is 2.12 bits per heavy atom. The molecule has 0 aromatic carbocycles. The maximum atomic E-state index is 4.29. The molecule has 4 heteroatoms. The molecule has 0 spiro atoms. The molecular weight excluding hydrogens is 212 g/mol. The summed E-state index contributed by atoms with van der Waals surface area (Å²) in [6.45, 7) is 5.10. The maximum Gasteiger partial charge on any atom is 0.0641 e. The molecule has 0 aliphatic carbocycles. The molecule has 17 heavy (non-hydrogen) atoms. The average molecular weight is 230 g/mol. The van der Waals surface area contributed by atoms with E-state index in [0.717, 1.165) is 12.2 Å². The second kappa shape index (κ2) is 5.59. The van der Waals surface area contributed by atoms with Crippen molar-refractivity contribution in [2.24, 2.45) is 0 Å². The predicted molar refractivity (Wildman–Crippen MR) is 67.5 cm³/mol. The number of rotatable bonds is 5. The zero-order valence-electron chi connectivity index (χ0n) is 10.2. The molecule has 0 radical (unpaired) electrons. The minimum Gasteiger partial charge on any atom is -0.307 e. The standard InChI is InChI=1S/C13H18N4/c1-11(12(2)17-9-5-8-16-17)15-10-13-6-3-4-7-14-13/h3-9,11-12,15H,10H2,1-2H3. The molecule has 0 amide bonds. The molecule has 4 nitrogen and oxygen atoms in total. The van der Waals surface area contributed by atoms with E-state index in [2.05, 4.69) is 29.2 Å². The van der Waals surface area contributed by atoms with Gasteiger partial charge in [-0.15, -0.1) is 0 Å². The molecule has 2 atom stereocenters. The van der Waals surface area contributed by atoms with Crippen molar-refractivity contribution in [3.8, 4) is 0 Å². The third-order valence-corrected chi connectivity index (χ3v) is 3.00. The molecule has 0 aliphatic heterocycles. The van der Waals surface area contributed by atoms with Crippen LogP contribution in [0.1, 0.15) is 25.6 Å². The van der Waals surface area contributed by atoms with E-state index in [1.807, 2.05) is 47.5 Å². The van der Waals surface area contributed by atoms with Crippen LogP contribution in [0.4, 0.5) is 0 Å². The van der Waals surface area contributed by atoms with E-state index in [0.29, 0.717) is 12.1 Å². The maximum absolute atomic E-state index is 4.29. The van der Waals surface area contributed by atoms with Gasteiger partial charge in [-0.1, -0.05) is 6.07 Å². The van der Waals surface area contributed by atoms with Crippen LogP contribution in [0.3, 0.4) is 0 Å². The topological polar surface area (TPSA) is 42.7 Å². The Balaban J connectivity index is 1.87. The fraction of sp³-hybridized carbons (Fsp3) is 0.385. The van der Waals surface area contributed by atoms with Gasteiger partial charge in [0.25, 0.3) is 0 Å². The van der Waals surface area contributed by atoms with Crippen molar-refractivity contribution >= 4 is 0 Å². The van der Waals surface area contributed by atoms with E-state index < -0.39 is 0 Å². The van der Waals surface area contributed by atoms with Crippen LogP contribution in [0.2, 0.25) is 0 Å².